The number of piperidine rings is 1. The number of fused-ring (bicyclic) bond motifs is 1. The minimum Gasteiger partial charge on any atom is -0.481 e. The monoisotopic (exact) mass is 549 g/mol. The number of hydrogen-bond acceptors (Lipinski definition) is 3. The van der Waals surface area contributed by atoms with E-state index in [0.29, 0.717) is 70.6 Å². The van der Waals surface area contributed by atoms with Crippen molar-refractivity contribution < 1.29 is 23.5 Å². The molecule has 2 aromatic carbocycles. The lowest BCUT2D eigenvalue weighted by atomic mass is 9.93. The fourth-order valence-corrected chi connectivity index (χ4v) is 5.50. The first-order valence-electron chi connectivity index (χ1n) is 11.9. The first-order chi connectivity index (χ1) is 17.4. The van der Waals surface area contributed by atoms with Crippen molar-refractivity contribution in [2.45, 2.75) is 38.5 Å². The summed E-state index contributed by atoms with van der Waals surface area (Å²) in [6, 6.07) is 6.18. The summed E-state index contributed by atoms with van der Waals surface area (Å²) in [4.78, 5) is 30.6. The predicted molar refractivity (Wildman–Crippen MR) is 140 cm³/mol. The molecule has 1 aliphatic rings. The van der Waals surface area contributed by atoms with Crippen molar-refractivity contribution in [3.8, 4) is 0 Å². The molecular formula is C27H27Cl2F2N3O3. The maximum atomic E-state index is 14.3. The van der Waals surface area contributed by atoms with Crippen LogP contribution in [0.4, 0.5) is 8.78 Å². The van der Waals surface area contributed by atoms with E-state index in [1.807, 2.05) is 0 Å². The molecule has 1 fully saturated rings. The van der Waals surface area contributed by atoms with Crippen molar-refractivity contribution in [2.24, 2.45) is 13.0 Å². The number of alkyl halides is 2. The molecule has 37 heavy (non-hydrogen) atoms. The zero-order valence-corrected chi connectivity index (χ0v) is 22.0. The van der Waals surface area contributed by atoms with E-state index in [2.05, 4.69) is 11.6 Å². The summed E-state index contributed by atoms with van der Waals surface area (Å²) in [7, 11) is 1.79. The normalized spacial score (nSPS) is 14.8. The van der Waals surface area contributed by atoms with Crippen LogP contribution in [0.25, 0.3) is 11.0 Å². The smallest absolute Gasteiger partial charge is 0.303 e. The Balaban J connectivity index is 1.63. The highest BCUT2D eigenvalue weighted by atomic mass is 35.5. The molecule has 1 aromatic heterocycles. The van der Waals surface area contributed by atoms with Crippen LogP contribution in [0.2, 0.25) is 10.0 Å². The van der Waals surface area contributed by atoms with E-state index in [1.54, 1.807) is 41.6 Å². The number of hydrogen-bond donors (Lipinski definition) is 1. The van der Waals surface area contributed by atoms with Crippen LogP contribution in [0.15, 0.2) is 36.9 Å². The van der Waals surface area contributed by atoms with Gasteiger partial charge in [-0.25, -0.2) is 4.98 Å². The number of carboxylic acids is 1. The quantitative estimate of drug-likeness (QED) is 0.347. The number of amides is 1. The highest BCUT2D eigenvalue weighted by molar-refractivity contribution is 6.38. The third-order valence-electron chi connectivity index (χ3n) is 7.13. The molecule has 2 heterocycles. The summed E-state index contributed by atoms with van der Waals surface area (Å²) < 4.78 is 30.5. The molecule has 1 saturated heterocycles. The summed E-state index contributed by atoms with van der Waals surface area (Å²) in [6.07, 6.45) is 2.13. The fraction of sp³-hybridized carbons (Fsp3) is 0.370. The van der Waals surface area contributed by atoms with Crippen molar-refractivity contribution >= 4 is 46.1 Å². The highest BCUT2D eigenvalue weighted by Crippen LogP contribution is 2.36. The van der Waals surface area contributed by atoms with Gasteiger partial charge in [-0.2, -0.15) is 8.78 Å². The lowest BCUT2D eigenvalue weighted by Gasteiger charge is -2.31. The third kappa shape index (κ3) is 5.22. The maximum Gasteiger partial charge on any atom is 0.303 e. The van der Waals surface area contributed by atoms with Gasteiger partial charge in [0.05, 0.1) is 21.6 Å². The zero-order chi connectivity index (χ0) is 27.1. The Labute approximate surface area is 223 Å². The lowest BCUT2D eigenvalue weighted by Crippen LogP contribution is -2.39. The summed E-state index contributed by atoms with van der Waals surface area (Å²) >= 11 is 13.2. The molecule has 4 rings (SSSR count). The average Bonchev–Trinajstić information content (AvgIpc) is 3.17. The third-order valence-corrected chi connectivity index (χ3v) is 7.92. The number of halogens is 4. The van der Waals surface area contributed by atoms with E-state index in [0.717, 1.165) is 0 Å². The van der Waals surface area contributed by atoms with E-state index in [9.17, 15) is 18.4 Å². The first kappa shape index (κ1) is 27.1. The van der Waals surface area contributed by atoms with Gasteiger partial charge < -0.3 is 14.6 Å². The van der Waals surface area contributed by atoms with Gasteiger partial charge >= 0.3 is 5.97 Å². The van der Waals surface area contributed by atoms with Gasteiger partial charge in [0.2, 0.25) is 0 Å². The van der Waals surface area contributed by atoms with Gasteiger partial charge in [0.25, 0.3) is 11.8 Å². The van der Waals surface area contributed by atoms with Crippen LogP contribution in [0.5, 0.6) is 0 Å². The van der Waals surface area contributed by atoms with Crippen LogP contribution in [0.1, 0.15) is 52.1 Å². The Morgan fingerprint density at radius 3 is 2.51 bits per heavy atom. The van der Waals surface area contributed by atoms with E-state index in [1.165, 1.54) is 6.07 Å². The predicted octanol–water partition coefficient (Wildman–Crippen LogP) is 6.38. The number of allylic oxidation sites excluding steroid dienone is 1. The van der Waals surface area contributed by atoms with E-state index in [-0.39, 0.29) is 35.3 Å². The maximum absolute atomic E-state index is 14.3. The number of carboxylic acid groups (broad SMARTS) is 1. The van der Waals surface area contributed by atoms with E-state index < -0.39 is 11.9 Å². The minimum absolute atomic E-state index is 0.0470. The SMILES string of the molecule is C=CC(F)(F)c1ccc2c(nc(Cc3c(Cl)ccc(C(=O)N4CCC(CC(=O)O)CC4)c3Cl)n2C)c1C. The van der Waals surface area contributed by atoms with Gasteiger partial charge in [-0.05, 0) is 61.1 Å². The topological polar surface area (TPSA) is 75.4 Å². The second-order valence-electron chi connectivity index (χ2n) is 9.42. The number of benzene rings is 2. The molecule has 3 aromatic rings. The standard InChI is InChI=1S/C27H27Cl2F2N3O3/c1-4-27(30,31)19-6-8-21-25(15(19)2)32-22(33(21)3)14-18-20(28)7-5-17(24(18)29)26(37)34-11-9-16(10-12-34)13-23(35)36/h4-8,16H,1,9-14H2,2-3H3,(H,35,36). The molecule has 0 radical (unpaired) electrons. The number of carbonyl (C=O) groups is 2. The van der Waals surface area contributed by atoms with Gasteiger partial charge in [-0.15, -0.1) is 0 Å². The van der Waals surface area contributed by atoms with Crippen molar-refractivity contribution in [3.05, 3.63) is 75.0 Å². The van der Waals surface area contributed by atoms with Crippen LogP contribution in [0, 0.1) is 12.8 Å². The van der Waals surface area contributed by atoms with Crippen LogP contribution in [0.3, 0.4) is 0 Å². The molecule has 0 spiro atoms. The van der Waals surface area contributed by atoms with Crippen molar-refractivity contribution in [1.29, 1.82) is 0 Å². The molecule has 196 valence electrons. The molecule has 6 nitrogen and oxygen atoms in total. The summed E-state index contributed by atoms with van der Waals surface area (Å²) in [5.41, 5.74) is 2.15. The highest BCUT2D eigenvalue weighted by Gasteiger charge is 2.31. The number of rotatable bonds is 7. The Morgan fingerprint density at radius 1 is 1.22 bits per heavy atom. The molecule has 0 unspecified atom stereocenters. The molecule has 10 heteroatoms. The second-order valence-corrected chi connectivity index (χ2v) is 10.2. The largest absolute Gasteiger partial charge is 0.481 e. The van der Waals surface area contributed by atoms with Crippen LogP contribution < -0.4 is 0 Å². The van der Waals surface area contributed by atoms with Crippen LogP contribution >= 0.6 is 23.2 Å². The number of aliphatic carboxylic acids is 1. The first-order valence-corrected chi connectivity index (χ1v) is 12.6. The molecule has 1 amide bonds. The molecule has 0 atom stereocenters. The molecule has 1 N–H and O–H groups in total. The summed E-state index contributed by atoms with van der Waals surface area (Å²) in [6.45, 7) is 5.74. The second kappa shape index (κ2) is 10.4. The number of likely N-dealkylation sites (tertiary alicyclic amines) is 1. The van der Waals surface area contributed by atoms with Crippen molar-refractivity contribution in [3.63, 3.8) is 0 Å². The lowest BCUT2D eigenvalue weighted by molar-refractivity contribution is -0.138. The minimum atomic E-state index is -3.18. The Hall–Kier alpha value is -2.97. The van der Waals surface area contributed by atoms with Crippen LogP contribution in [-0.2, 0) is 24.2 Å². The zero-order valence-electron chi connectivity index (χ0n) is 20.5. The molecule has 0 saturated carbocycles. The van der Waals surface area contributed by atoms with Crippen molar-refractivity contribution in [2.75, 3.05) is 13.1 Å². The van der Waals surface area contributed by atoms with Crippen molar-refractivity contribution in [1.82, 2.24) is 14.5 Å². The molecule has 0 aliphatic carbocycles. The number of aryl methyl sites for hydroxylation is 2. The Kier molecular flexibility index (Phi) is 7.62. The molecular weight excluding hydrogens is 523 g/mol. The average molecular weight is 550 g/mol. The number of nitrogens with zero attached hydrogens (tertiary/aromatic N) is 3. The van der Waals surface area contributed by atoms with E-state index in [4.69, 9.17) is 28.3 Å². The Morgan fingerprint density at radius 2 is 1.89 bits per heavy atom. The van der Waals surface area contributed by atoms with Gasteiger partial charge in [0, 0.05) is 43.6 Å². The van der Waals surface area contributed by atoms with Gasteiger partial charge in [0.1, 0.15) is 5.82 Å². The molecule has 1 aliphatic heterocycles. The van der Waals surface area contributed by atoms with Crippen LogP contribution in [-0.4, -0.2) is 44.5 Å². The number of aromatic nitrogens is 2. The summed E-state index contributed by atoms with van der Waals surface area (Å²) in [5.74, 6) is -3.66. The van der Waals surface area contributed by atoms with Gasteiger partial charge in [-0.1, -0.05) is 35.8 Å². The van der Waals surface area contributed by atoms with Gasteiger partial charge in [0.15, 0.2) is 0 Å². The number of imidazole rings is 1. The summed E-state index contributed by atoms with van der Waals surface area (Å²) in [5, 5.41) is 9.60. The Bertz CT molecular complexity index is 1400. The van der Waals surface area contributed by atoms with E-state index >= 15 is 0 Å². The molecule has 0 bridgehead atoms. The van der Waals surface area contributed by atoms with Gasteiger partial charge in [-0.3, -0.25) is 9.59 Å². The number of carbonyl (C=O) groups excluding carboxylic acids is 1. The fourth-order valence-electron chi connectivity index (χ4n) is 4.91.